The normalized spacial score (nSPS) is 11.8. The Bertz CT molecular complexity index is 358. The van der Waals surface area contributed by atoms with Crippen molar-refractivity contribution in [3.8, 4) is 0 Å². The fourth-order valence-electron chi connectivity index (χ4n) is 2.66. The molecule has 0 aromatic heterocycles. The molecule has 0 radical (unpaired) electrons. The second kappa shape index (κ2) is 10.4. The predicted octanol–water partition coefficient (Wildman–Crippen LogP) is 7.04. The monoisotopic (exact) mass is 352 g/mol. The van der Waals surface area contributed by atoms with Crippen molar-refractivity contribution in [1.82, 2.24) is 0 Å². The SMILES string of the molecule is CC(C)(C)c1ccc(CCCCCCCCCCBr)cc1. The summed E-state index contributed by atoms with van der Waals surface area (Å²) in [5, 5.41) is 1.17. The summed E-state index contributed by atoms with van der Waals surface area (Å²) in [5.41, 5.74) is 3.21. The van der Waals surface area contributed by atoms with Crippen LogP contribution in [0.1, 0.15) is 83.3 Å². The van der Waals surface area contributed by atoms with Gasteiger partial charge in [0, 0.05) is 5.33 Å². The topological polar surface area (TPSA) is 0 Å². The number of halogens is 1. The average molecular weight is 353 g/mol. The van der Waals surface area contributed by atoms with Crippen LogP contribution in [0.15, 0.2) is 24.3 Å². The van der Waals surface area contributed by atoms with Crippen LogP contribution in [0.25, 0.3) is 0 Å². The number of hydrogen-bond donors (Lipinski definition) is 0. The highest BCUT2D eigenvalue weighted by Crippen LogP contribution is 2.22. The predicted molar refractivity (Wildman–Crippen MR) is 99.6 cm³/mol. The van der Waals surface area contributed by atoms with Crippen molar-refractivity contribution < 1.29 is 0 Å². The third kappa shape index (κ3) is 8.66. The first-order chi connectivity index (χ1) is 10.0. The largest absolute Gasteiger partial charge is 0.0928 e. The lowest BCUT2D eigenvalue weighted by atomic mass is 9.86. The van der Waals surface area contributed by atoms with Crippen LogP contribution in [0, 0.1) is 0 Å². The highest BCUT2D eigenvalue weighted by molar-refractivity contribution is 9.09. The molecule has 1 aromatic rings. The Morgan fingerprint density at radius 2 is 1.19 bits per heavy atom. The minimum Gasteiger partial charge on any atom is -0.0928 e. The average Bonchev–Trinajstić information content (AvgIpc) is 2.45. The molecule has 0 heterocycles. The van der Waals surface area contributed by atoms with Crippen molar-refractivity contribution in [3.05, 3.63) is 35.4 Å². The van der Waals surface area contributed by atoms with E-state index in [1.54, 1.807) is 0 Å². The molecule has 0 aliphatic carbocycles. The molecular formula is C20H33Br. The van der Waals surface area contributed by atoms with E-state index in [1.165, 1.54) is 74.2 Å². The van der Waals surface area contributed by atoms with Gasteiger partial charge in [0.1, 0.15) is 0 Å². The van der Waals surface area contributed by atoms with Crippen LogP contribution in [0.4, 0.5) is 0 Å². The minimum atomic E-state index is 0.271. The Kier molecular flexibility index (Phi) is 9.31. The number of hydrogen-bond acceptors (Lipinski definition) is 0. The molecule has 0 atom stereocenters. The smallest absolute Gasteiger partial charge is 0.00313 e. The summed E-state index contributed by atoms with van der Waals surface area (Å²) in [6.07, 6.45) is 12.4. The van der Waals surface area contributed by atoms with Crippen LogP contribution in [-0.2, 0) is 11.8 Å². The molecular weight excluding hydrogens is 320 g/mol. The molecule has 0 aliphatic heterocycles. The first-order valence-electron chi connectivity index (χ1n) is 8.69. The zero-order valence-electron chi connectivity index (χ0n) is 14.3. The van der Waals surface area contributed by atoms with Gasteiger partial charge in [0.15, 0.2) is 0 Å². The molecule has 21 heavy (non-hydrogen) atoms. The van der Waals surface area contributed by atoms with Crippen molar-refractivity contribution in [2.75, 3.05) is 5.33 Å². The second-order valence-electron chi connectivity index (χ2n) is 7.21. The summed E-state index contributed by atoms with van der Waals surface area (Å²) in [4.78, 5) is 0. The molecule has 0 bridgehead atoms. The maximum Gasteiger partial charge on any atom is 0.00313 e. The van der Waals surface area contributed by atoms with Crippen molar-refractivity contribution in [1.29, 1.82) is 0 Å². The van der Waals surface area contributed by atoms with Gasteiger partial charge in [-0.15, -0.1) is 0 Å². The Hall–Kier alpha value is -0.300. The van der Waals surface area contributed by atoms with Crippen LogP contribution in [0.2, 0.25) is 0 Å². The zero-order chi connectivity index (χ0) is 15.6. The minimum absolute atomic E-state index is 0.271. The summed E-state index contributed by atoms with van der Waals surface area (Å²) in [5.74, 6) is 0. The highest BCUT2D eigenvalue weighted by atomic mass is 79.9. The van der Waals surface area contributed by atoms with Gasteiger partial charge in [-0.2, -0.15) is 0 Å². The zero-order valence-corrected chi connectivity index (χ0v) is 15.8. The van der Waals surface area contributed by atoms with Crippen molar-refractivity contribution in [2.45, 2.75) is 84.0 Å². The number of rotatable bonds is 10. The summed E-state index contributed by atoms with van der Waals surface area (Å²) >= 11 is 3.49. The van der Waals surface area contributed by atoms with Gasteiger partial charge in [-0.05, 0) is 35.8 Å². The maximum atomic E-state index is 3.49. The lowest BCUT2D eigenvalue weighted by Gasteiger charge is -2.19. The maximum absolute atomic E-state index is 3.49. The molecule has 0 amide bonds. The van der Waals surface area contributed by atoms with E-state index in [4.69, 9.17) is 0 Å². The lowest BCUT2D eigenvalue weighted by Crippen LogP contribution is -2.10. The molecule has 0 nitrogen and oxygen atoms in total. The van der Waals surface area contributed by atoms with E-state index in [2.05, 4.69) is 61.0 Å². The van der Waals surface area contributed by atoms with Crippen LogP contribution in [0.3, 0.4) is 0 Å². The molecule has 0 fully saturated rings. The summed E-state index contributed by atoms with van der Waals surface area (Å²) in [6.45, 7) is 6.83. The quantitative estimate of drug-likeness (QED) is 0.312. The fraction of sp³-hybridized carbons (Fsp3) is 0.700. The van der Waals surface area contributed by atoms with Gasteiger partial charge in [0.25, 0.3) is 0 Å². The van der Waals surface area contributed by atoms with Crippen LogP contribution in [-0.4, -0.2) is 5.33 Å². The number of unbranched alkanes of at least 4 members (excludes halogenated alkanes) is 7. The first kappa shape index (κ1) is 18.7. The van der Waals surface area contributed by atoms with Gasteiger partial charge in [0.2, 0.25) is 0 Å². The van der Waals surface area contributed by atoms with Crippen LogP contribution in [0.5, 0.6) is 0 Å². The molecule has 0 N–H and O–H groups in total. The Morgan fingerprint density at radius 1 is 0.714 bits per heavy atom. The Labute approximate surface area is 140 Å². The summed E-state index contributed by atoms with van der Waals surface area (Å²) < 4.78 is 0. The van der Waals surface area contributed by atoms with Gasteiger partial charge < -0.3 is 0 Å². The molecule has 0 saturated heterocycles. The highest BCUT2D eigenvalue weighted by Gasteiger charge is 2.12. The number of aryl methyl sites for hydroxylation is 1. The van der Waals surface area contributed by atoms with Gasteiger partial charge >= 0.3 is 0 Å². The molecule has 1 aromatic carbocycles. The van der Waals surface area contributed by atoms with Gasteiger partial charge in [-0.1, -0.05) is 99.5 Å². The second-order valence-corrected chi connectivity index (χ2v) is 8.01. The Balaban J connectivity index is 2.08. The van der Waals surface area contributed by atoms with E-state index in [0.717, 1.165) is 0 Å². The summed E-state index contributed by atoms with van der Waals surface area (Å²) in [6, 6.07) is 9.25. The van der Waals surface area contributed by atoms with E-state index in [1.807, 2.05) is 0 Å². The third-order valence-electron chi connectivity index (χ3n) is 4.17. The number of alkyl halides is 1. The molecule has 0 aliphatic rings. The van der Waals surface area contributed by atoms with Gasteiger partial charge in [0.05, 0.1) is 0 Å². The van der Waals surface area contributed by atoms with Crippen molar-refractivity contribution in [2.24, 2.45) is 0 Å². The van der Waals surface area contributed by atoms with E-state index >= 15 is 0 Å². The standard InChI is InChI=1S/C20H33Br/c1-20(2,3)19-15-13-18(14-16-19)12-10-8-6-4-5-7-9-11-17-21/h13-16H,4-12,17H2,1-3H3. The fourth-order valence-corrected chi connectivity index (χ4v) is 3.05. The molecule has 0 spiro atoms. The van der Waals surface area contributed by atoms with E-state index in [-0.39, 0.29) is 5.41 Å². The molecule has 120 valence electrons. The Morgan fingerprint density at radius 3 is 1.67 bits per heavy atom. The van der Waals surface area contributed by atoms with Crippen LogP contribution < -0.4 is 0 Å². The van der Waals surface area contributed by atoms with Gasteiger partial charge in [-0.25, -0.2) is 0 Å². The molecule has 0 saturated carbocycles. The van der Waals surface area contributed by atoms with Crippen molar-refractivity contribution in [3.63, 3.8) is 0 Å². The lowest BCUT2D eigenvalue weighted by molar-refractivity contribution is 0.576. The molecule has 1 rings (SSSR count). The number of benzene rings is 1. The third-order valence-corrected chi connectivity index (χ3v) is 4.73. The van der Waals surface area contributed by atoms with E-state index < -0.39 is 0 Å². The molecule has 1 heteroatoms. The first-order valence-corrected chi connectivity index (χ1v) is 9.81. The van der Waals surface area contributed by atoms with Crippen molar-refractivity contribution >= 4 is 15.9 Å². The van der Waals surface area contributed by atoms with E-state index in [9.17, 15) is 0 Å². The molecule has 0 unspecified atom stereocenters. The van der Waals surface area contributed by atoms with E-state index in [0.29, 0.717) is 0 Å². The summed E-state index contributed by atoms with van der Waals surface area (Å²) in [7, 11) is 0. The van der Waals surface area contributed by atoms with Crippen LogP contribution >= 0.6 is 15.9 Å². The van der Waals surface area contributed by atoms with Gasteiger partial charge in [-0.3, -0.25) is 0 Å².